The summed E-state index contributed by atoms with van der Waals surface area (Å²) in [7, 11) is 1.67. The number of carbonyl (C=O) groups is 1. The molecule has 2 rings (SSSR count). The Morgan fingerprint density at radius 3 is 3.04 bits per heavy atom. The summed E-state index contributed by atoms with van der Waals surface area (Å²) in [6.45, 7) is 3.44. The molecule has 3 N–H and O–H groups in total. The van der Waals surface area contributed by atoms with Crippen LogP contribution in [0, 0.1) is 0 Å². The highest BCUT2D eigenvalue weighted by atomic mass is 16.5. The number of nitrogens with zero attached hydrogens (tertiary/aromatic N) is 1. The number of amides is 1. The predicted molar refractivity (Wildman–Crippen MR) is 94.3 cm³/mol. The smallest absolute Gasteiger partial charge is 0.239 e. The van der Waals surface area contributed by atoms with Crippen LogP contribution in [-0.4, -0.2) is 57.9 Å². The fraction of sp³-hybridized carbons (Fsp3) is 0.647. The van der Waals surface area contributed by atoms with E-state index >= 15 is 0 Å². The van der Waals surface area contributed by atoms with E-state index in [0.29, 0.717) is 25.7 Å². The maximum atomic E-state index is 11.8. The molecule has 0 aromatic carbocycles. The van der Waals surface area contributed by atoms with Crippen LogP contribution < -0.4 is 16.0 Å². The van der Waals surface area contributed by atoms with Crippen LogP contribution in [-0.2, 0) is 20.8 Å². The zero-order chi connectivity index (χ0) is 17.7. The van der Waals surface area contributed by atoms with Crippen molar-refractivity contribution < 1.29 is 18.7 Å². The van der Waals surface area contributed by atoms with Crippen LogP contribution in [0.2, 0.25) is 0 Å². The van der Waals surface area contributed by atoms with Crippen LogP contribution >= 0.6 is 0 Å². The lowest BCUT2D eigenvalue weighted by molar-refractivity contribution is -0.120. The Morgan fingerprint density at radius 1 is 1.40 bits per heavy atom. The fourth-order valence-corrected chi connectivity index (χ4v) is 2.42. The molecule has 8 heteroatoms. The molecule has 1 aliphatic heterocycles. The molecule has 1 fully saturated rings. The summed E-state index contributed by atoms with van der Waals surface area (Å²) in [6, 6.07) is 3.60. The van der Waals surface area contributed by atoms with E-state index in [9.17, 15) is 4.79 Å². The molecule has 1 unspecified atom stereocenters. The number of nitrogens with one attached hydrogen (secondary N) is 3. The number of rotatable bonds is 10. The van der Waals surface area contributed by atoms with Crippen LogP contribution in [0.3, 0.4) is 0 Å². The highest BCUT2D eigenvalue weighted by molar-refractivity contribution is 5.86. The van der Waals surface area contributed by atoms with Gasteiger partial charge in [-0.25, -0.2) is 0 Å². The van der Waals surface area contributed by atoms with Crippen molar-refractivity contribution in [2.24, 2.45) is 4.99 Å². The molecule has 0 saturated carbocycles. The number of aliphatic imine (C=N–C) groups is 1. The molecule has 0 aliphatic carbocycles. The maximum Gasteiger partial charge on any atom is 0.239 e. The van der Waals surface area contributed by atoms with Gasteiger partial charge in [0.05, 0.1) is 32.1 Å². The zero-order valence-corrected chi connectivity index (χ0v) is 14.8. The van der Waals surface area contributed by atoms with Crippen molar-refractivity contribution in [1.29, 1.82) is 0 Å². The van der Waals surface area contributed by atoms with Crippen LogP contribution in [0.5, 0.6) is 0 Å². The van der Waals surface area contributed by atoms with Gasteiger partial charge in [0.1, 0.15) is 5.76 Å². The number of ether oxygens (including phenoxy) is 2. The van der Waals surface area contributed by atoms with E-state index in [0.717, 1.165) is 38.2 Å². The minimum absolute atomic E-state index is 0.126. The summed E-state index contributed by atoms with van der Waals surface area (Å²) in [5.41, 5.74) is 0. The van der Waals surface area contributed by atoms with Crippen molar-refractivity contribution >= 4 is 11.9 Å². The highest BCUT2D eigenvalue weighted by Gasteiger charge is 2.14. The molecule has 140 valence electrons. The molecule has 1 amide bonds. The van der Waals surface area contributed by atoms with Gasteiger partial charge in [-0.2, -0.15) is 0 Å². The van der Waals surface area contributed by atoms with Crippen molar-refractivity contribution in [3.63, 3.8) is 0 Å². The molecular formula is C17H28N4O4. The van der Waals surface area contributed by atoms with Gasteiger partial charge in [0.15, 0.2) is 5.96 Å². The normalized spacial score (nSPS) is 17.5. The fourth-order valence-electron chi connectivity index (χ4n) is 2.42. The summed E-state index contributed by atoms with van der Waals surface area (Å²) in [4.78, 5) is 15.9. The third kappa shape index (κ3) is 8.04. The van der Waals surface area contributed by atoms with E-state index < -0.39 is 0 Å². The summed E-state index contributed by atoms with van der Waals surface area (Å²) >= 11 is 0. The Morgan fingerprint density at radius 2 is 2.32 bits per heavy atom. The lowest BCUT2D eigenvalue weighted by Crippen LogP contribution is -2.43. The van der Waals surface area contributed by atoms with Gasteiger partial charge >= 0.3 is 0 Å². The van der Waals surface area contributed by atoms with Gasteiger partial charge in [0.25, 0.3) is 0 Å². The van der Waals surface area contributed by atoms with Gasteiger partial charge in [-0.1, -0.05) is 0 Å². The number of furan rings is 1. The first kappa shape index (κ1) is 19.3. The van der Waals surface area contributed by atoms with Gasteiger partial charge in [-0.05, 0) is 31.4 Å². The molecule has 8 nitrogen and oxygen atoms in total. The molecule has 0 spiro atoms. The molecule has 0 bridgehead atoms. The van der Waals surface area contributed by atoms with E-state index in [1.54, 1.807) is 19.4 Å². The number of hydrogen-bond acceptors (Lipinski definition) is 5. The Labute approximate surface area is 148 Å². The van der Waals surface area contributed by atoms with Crippen molar-refractivity contribution in [3.8, 4) is 0 Å². The van der Waals surface area contributed by atoms with Gasteiger partial charge in [-0.15, -0.1) is 0 Å². The lowest BCUT2D eigenvalue weighted by atomic mass is 10.2. The summed E-state index contributed by atoms with van der Waals surface area (Å²) in [5, 5.41) is 8.89. The molecule has 1 saturated heterocycles. The number of hydrogen-bond donors (Lipinski definition) is 3. The number of guanidine groups is 1. The molecule has 1 aromatic rings. The second-order valence-corrected chi connectivity index (χ2v) is 5.77. The largest absolute Gasteiger partial charge is 0.467 e. The molecule has 1 aromatic heterocycles. The second-order valence-electron chi connectivity index (χ2n) is 5.77. The Hall–Kier alpha value is -2.06. The van der Waals surface area contributed by atoms with E-state index in [2.05, 4.69) is 20.9 Å². The Kier molecular flexibility index (Phi) is 8.85. The maximum absolute atomic E-state index is 11.8. The summed E-state index contributed by atoms with van der Waals surface area (Å²) in [5.74, 6) is 1.19. The first-order chi connectivity index (χ1) is 12.3. The minimum atomic E-state index is -0.126. The van der Waals surface area contributed by atoms with Crippen LogP contribution in [0.25, 0.3) is 0 Å². The Balaban J connectivity index is 1.47. The van der Waals surface area contributed by atoms with E-state index in [1.165, 1.54) is 0 Å². The molecule has 0 radical (unpaired) electrons. The van der Waals surface area contributed by atoms with Crippen molar-refractivity contribution in [2.45, 2.75) is 31.9 Å². The monoisotopic (exact) mass is 352 g/mol. The van der Waals surface area contributed by atoms with Crippen LogP contribution in [0.4, 0.5) is 0 Å². The lowest BCUT2D eigenvalue weighted by Gasteiger charge is -2.13. The van der Waals surface area contributed by atoms with Crippen molar-refractivity contribution in [1.82, 2.24) is 16.0 Å². The van der Waals surface area contributed by atoms with Gasteiger partial charge in [0, 0.05) is 26.8 Å². The standard InChI is InChI=1S/C17H28N4O4/c1-18-17(19-7-4-8-23-13-15-6-3-10-25-15)21-12-16(22)20-11-14-5-2-9-24-14/h2,5,9,15H,3-4,6-8,10-13H2,1H3,(H,20,22)(H2,18,19,21). The average Bonchev–Trinajstić information content (AvgIpc) is 3.32. The van der Waals surface area contributed by atoms with Gasteiger partial charge in [-0.3, -0.25) is 9.79 Å². The Bertz CT molecular complexity index is 513. The van der Waals surface area contributed by atoms with E-state index in [-0.39, 0.29) is 18.6 Å². The van der Waals surface area contributed by atoms with Crippen LogP contribution in [0.15, 0.2) is 27.8 Å². The summed E-state index contributed by atoms with van der Waals surface area (Å²) in [6.07, 6.45) is 4.93. The SMILES string of the molecule is CN=C(NCCCOCC1CCCO1)NCC(=O)NCc1ccco1. The van der Waals surface area contributed by atoms with Crippen LogP contribution in [0.1, 0.15) is 25.0 Å². The first-order valence-electron chi connectivity index (χ1n) is 8.71. The van der Waals surface area contributed by atoms with Gasteiger partial charge < -0.3 is 29.8 Å². The first-order valence-corrected chi connectivity index (χ1v) is 8.71. The molecule has 25 heavy (non-hydrogen) atoms. The average molecular weight is 352 g/mol. The number of carbonyl (C=O) groups excluding carboxylic acids is 1. The quantitative estimate of drug-likeness (QED) is 0.325. The summed E-state index contributed by atoms with van der Waals surface area (Å²) < 4.78 is 16.3. The topological polar surface area (TPSA) is 97.1 Å². The highest BCUT2D eigenvalue weighted by Crippen LogP contribution is 2.11. The zero-order valence-electron chi connectivity index (χ0n) is 14.8. The van der Waals surface area contributed by atoms with Gasteiger partial charge in [0.2, 0.25) is 5.91 Å². The molecular weight excluding hydrogens is 324 g/mol. The van der Waals surface area contributed by atoms with Crippen molar-refractivity contribution in [2.75, 3.05) is 40.0 Å². The van der Waals surface area contributed by atoms with Crippen molar-refractivity contribution in [3.05, 3.63) is 24.2 Å². The van der Waals surface area contributed by atoms with E-state index in [4.69, 9.17) is 13.9 Å². The predicted octanol–water partition coefficient (Wildman–Crippen LogP) is 0.647. The van der Waals surface area contributed by atoms with E-state index in [1.807, 2.05) is 6.07 Å². The molecule has 1 aliphatic rings. The molecule has 1 atom stereocenters. The minimum Gasteiger partial charge on any atom is -0.467 e. The molecule has 2 heterocycles. The second kappa shape index (κ2) is 11.5. The third-order valence-electron chi connectivity index (χ3n) is 3.77. The third-order valence-corrected chi connectivity index (χ3v) is 3.77.